The van der Waals surface area contributed by atoms with Crippen molar-refractivity contribution < 1.29 is 38.5 Å². The number of hydrogen-bond acceptors (Lipinski definition) is 8. The number of esters is 3. The highest BCUT2D eigenvalue weighted by atomic mass is 16.6. The molecule has 3 N–H and O–H groups in total. The summed E-state index contributed by atoms with van der Waals surface area (Å²) in [5.74, 6) is -4.23. The summed E-state index contributed by atoms with van der Waals surface area (Å²) in [6, 6.07) is 3.22. The normalized spacial score (nSPS) is 15.8. The minimum atomic E-state index is -1.35. The molecule has 0 bridgehead atoms. The Hall–Kier alpha value is -2.94. The molecule has 226 valence electrons. The number of carbonyl (C=O) groups is 4. The van der Waals surface area contributed by atoms with Gasteiger partial charge in [0.1, 0.15) is 12.1 Å². The van der Waals surface area contributed by atoms with Crippen LogP contribution >= 0.6 is 0 Å². The smallest absolute Gasteiger partial charge is 0.321 e. The molecule has 1 rings (SSSR count). The molecule has 0 aromatic heterocycles. The molecule has 0 fully saturated rings. The van der Waals surface area contributed by atoms with E-state index in [0.29, 0.717) is 24.8 Å². The Bertz CT molecular complexity index is 1050. The van der Waals surface area contributed by atoms with Crippen LogP contribution in [0, 0.1) is 22.7 Å². The van der Waals surface area contributed by atoms with E-state index in [1.165, 1.54) is 12.1 Å². The second kappa shape index (κ2) is 14.6. The van der Waals surface area contributed by atoms with Crippen molar-refractivity contribution in [3.63, 3.8) is 0 Å². The third-order valence-electron chi connectivity index (χ3n) is 8.04. The summed E-state index contributed by atoms with van der Waals surface area (Å²) in [6.07, 6.45) is 1.88. The molecule has 4 unspecified atom stereocenters. The van der Waals surface area contributed by atoms with Gasteiger partial charge in [-0.2, -0.15) is 0 Å². The Morgan fingerprint density at radius 3 is 1.82 bits per heavy atom. The van der Waals surface area contributed by atoms with Gasteiger partial charge in [-0.1, -0.05) is 47.1 Å². The fourth-order valence-corrected chi connectivity index (χ4v) is 3.90. The zero-order chi connectivity index (χ0) is 31.0. The highest BCUT2D eigenvalue weighted by Crippen LogP contribution is 2.39. The second-order valence-electron chi connectivity index (χ2n) is 12.0. The maximum absolute atomic E-state index is 13.0. The molecular formula is C31H49NO8. The van der Waals surface area contributed by atoms with Gasteiger partial charge in [-0.25, -0.2) is 0 Å². The van der Waals surface area contributed by atoms with E-state index in [1.54, 1.807) is 54.5 Å². The third kappa shape index (κ3) is 9.04. The Morgan fingerprint density at radius 2 is 1.38 bits per heavy atom. The zero-order valence-corrected chi connectivity index (χ0v) is 25.8. The van der Waals surface area contributed by atoms with Crippen molar-refractivity contribution in [2.75, 3.05) is 0 Å². The lowest BCUT2D eigenvalue weighted by Gasteiger charge is -2.32. The Balaban J connectivity index is 3.59. The Kier molecular flexibility index (Phi) is 12.8. The van der Waals surface area contributed by atoms with Crippen molar-refractivity contribution in [2.24, 2.45) is 28.4 Å². The molecule has 5 atom stereocenters. The molecule has 0 amide bonds. The number of ether oxygens (including phenoxy) is 3. The van der Waals surface area contributed by atoms with Gasteiger partial charge in [-0.3, -0.25) is 19.2 Å². The van der Waals surface area contributed by atoms with Crippen LogP contribution in [0.4, 0.5) is 0 Å². The highest BCUT2D eigenvalue weighted by molar-refractivity contribution is 5.82. The quantitative estimate of drug-likeness (QED) is 0.198. The van der Waals surface area contributed by atoms with Crippen LogP contribution in [-0.4, -0.2) is 41.1 Å². The average Bonchev–Trinajstić information content (AvgIpc) is 2.89. The molecule has 0 aliphatic rings. The minimum absolute atomic E-state index is 0.0136. The van der Waals surface area contributed by atoms with Gasteiger partial charge in [0.25, 0.3) is 0 Å². The predicted molar refractivity (Wildman–Crippen MR) is 153 cm³/mol. The maximum atomic E-state index is 13.0. The van der Waals surface area contributed by atoms with Crippen molar-refractivity contribution in [3.05, 3.63) is 23.8 Å². The van der Waals surface area contributed by atoms with Crippen LogP contribution in [0.2, 0.25) is 0 Å². The molecule has 0 saturated carbocycles. The van der Waals surface area contributed by atoms with Crippen molar-refractivity contribution >= 4 is 23.9 Å². The summed E-state index contributed by atoms with van der Waals surface area (Å²) in [5, 5.41) is 9.84. The molecule has 9 heteroatoms. The van der Waals surface area contributed by atoms with Crippen molar-refractivity contribution in [1.29, 1.82) is 0 Å². The monoisotopic (exact) mass is 563 g/mol. The zero-order valence-electron chi connectivity index (χ0n) is 25.8. The van der Waals surface area contributed by atoms with Crippen molar-refractivity contribution in [3.8, 4) is 11.5 Å². The van der Waals surface area contributed by atoms with Crippen LogP contribution < -0.4 is 15.2 Å². The van der Waals surface area contributed by atoms with E-state index >= 15 is 0 Å². The summed E-state index contributed by atoms with van der Waals surface area (Å²) in [6.45, 7) is 18.0. The predicted octanol–water partition coefficient (Wildman–Crippen LogP) is 5.87. The van der Waals surface area contributed by atoms with E-state index < -0.39 is 52.7 Å². The number of rotatable bonds is 15. The first kappa shape index (κ1) is 35.1. The lowest BCUT2D eigenvalue weighted by atomic mass is 9.79. The van der Waals surface area contributed by atoms with E-state index in [1.807, 2.05) is 20.8 Å². The van der Waals surface area contributed by atoms with Crippen LogP contribution in [-0.2, 0) is 23.9 Å². The molecule has 0 radical (unpaired) electrons. The third-order valence-corrected chi connectivity index (χ3v) is 8.04. The van der Waals surface area contributed by atoms with E-state index in [4.69, 9.17) is 19.9 Å². The molecule has 0 heterocycles. The van der Waals surface area contributed by atoms with E-state index in [-0.39, 0.29) is 23.4 Å². The van der Waals surface area contributed by atoms with Crippen LogP contribution in [0.1, 0.15) is 106 Å². The summed E-state index contributed by atoms with van der Waals surface area (Å²) < 4.78 is 17.1. The topological polar surface area (TPSA) is 142 Å². The van der Waals surface area contributed by atoms with E-state index in [0.717, 1.165) is 6.42 Å². The lowest BCUT2D eigenvalue weighted by Crippen LogP contribution is -2.43. The van der Waals surface area contributed by atoms with E-state index in [2.05, 4.69) is 0 Å². The number of carboxylic acids is 1. The molecule has 0 aliphatic carbocycles. The largest absolute Gasteiger partial charge is 0.480 e. The van der Waals surface area contributed by atoms with Crippen LogP contribution in [0.3, 0.4) is 0 Å². The number of carboxylic acid groups (broad SMARTS) is 1. The van der Waals surface area contributed by atoms with Gasteiger partial charge < -0.3 is 25.1 Å². The number of aliphatic carboxylic acids is 1. The van der Waals surface area contributed by atoms with Gasteiger partial charge >= 0.3 is 23.9 Å². The molecule has 9 nitrogen and oxygen atoms in total. The fraction of sp³-hybridized carbons (Fsp3) is 0.677. The average molecular weight is 564 g/mol. The number of nitrogens with two attached hydrogens (primary N) is 1. The van der Waals surface area contributed by atoms with Gasteiger partial charge in [0.2, 0.25) is 0 Å². The van der Waals surface area contributed by atoms with Gasteiger partial charge in [0, 0.05) is 11.8 Å². The van der Waals surface area contributed by atoms with Crippen LogP contribution in [0.25, 0.3) is 0 Å². The molecule has 1 aromatic rings. The summed E-state index contributed by atoms with van der Waals surface area (Å²) >= 11 is 0. The maximum Gasteiger partial charge on any atom is 0.321 e. The minimum Gasteiger partial charge on any atom is -0.480 e. The van der Waals surface area contributed by atoms with Crippen LogP contribution in [0.15, 0.2) is 18.2 Å². The summed E-state index contributed by atoms with van der Waals surface area (Å²) in [7, 11) is 0. The SMILES string of the molecule is CCCC(C)C(=O)OC(C)C(C)C(c1ccc(OC(=O)C(C)(C)CC)c(OC(=O)C(C)(C)CC)c1)[C@H](N)C(=O)O. The van der Waals surface area contributed by atoms with Gasteiger partial charge in [0.15, 0.2) is 11.5 Å². The van der Waals surface area contributed by atoms with Crippen molar-refractivity contribution in [1.82, 2.24) is 0 Å². The second-order valence-corrected chi connectivity index (χ2v) is 12.0. The lowest BCUT2D eigenvalue weighted by molar-refractivity contribution is -0.156. The standard InChI is InChI=1S/C31H49NO8/c1-11-14-18(4)27(35)38-20(6)19(5)24(25(32)26(33)34)21-15-16-22(39-28(36)30(7,8)12-2)23(17-21)40-29(37)31(9,10)13-3/h15-20,24-25H,11-14,32H2,1-10H3,(H,33,34)/t18?,19?,20?,24?,25-/m0/s1. The molecule has 40 heavy (non-hydrogen) atoms. The highest BCUT2D eigenvalue weighted by Gasteiger charge is 2.37. The first-order chi connectivity index (χ1) is 18.4. The molecule has 0 spiro atoms. The number of hydrogen-bond donors (Lipinski definition) is 2. The van der Waals surface area contributed by atoms with Gasteiger partial charge in [-0.05, 0) is 71.6 Å². The Morgan fingerprint density at radius 1 is 0.875 bits per heavy atom. The van der Waals surface area contributed by atoms with E-state index in [9.17, 15) is 24.3 Å². The number of benzene rings is 1. The molecule has 0 aliphatic heterocycles. The molecular weight excluding hydrogens is 514 g/mol. The van der Waals surface area contributed by atoms with Crippen molar-refractivity contribution in [2.45, 2.75) is 113 Å². The van der Waals surface area contributed by atoms with Gasteiger partial charge in [-0.15, -0.1) is 0 Å². The first-order valence-electron chi connectivity index (χ1n) is 14.2. The van der Waals surface area contributed by atoms with Crippen LogP contribution in [0.5, 0.6) is 11.5 Å². The number of carbonyl (C=O) groups excluding carboxylic acids is 3. The van der Waals surface area contributed by atoms with Gasteiger partial charge in [0.05, 0.1) is 16.7 Å². The summed E-state index contributed by atoms with van der Waals surface area (Å²) in [4.78, 5) is 50.5. The first-order valence-corrected chi connectivity index (χ1v) is 14.2. The molecule has 0 saturated heterocycles. The Labute approximate surface area is 239 Å². The molecule has 1 aromatic carbocycles. The summed E-state index contributed by atoms with van der Waals surface area (Å²) in [5.41, 5.74) is 5.02. The fourth-order valence-electron chi connectivity index (χ4n) is 3.90.